The van der Waals surface area contributed by atoms with Crippen LogP contribution in [0.3, 0.4) is 0 Å². The van der Waals surface area contributed by atoms with Crippen LogP contribution in [0.15, 0.2) is 12.3 Å². The number of hydrogen-bond acceptors (Lipinski definition) is 6. The van der Waals surface area contributed by atoms with Crippen LogP contribution in [-0.4, -0.2) is 77.0 Å². The van der Waals surface area contributed by atoms with E-state index in [4.69, 9.17) is 4.98 Å². The van der Waals surface area contributed by atoms with Crippen molar-refractivity contribution in [2.45, 2.75) is 96.1 Å². The maximum absolute atomic E-state index is 12.5. The van der Waals surface area contributed by atoms with Gasteiger partial charge < -0.3 is 15.1 Å². The van der Waals surface area contributed by atoms with E-state index >= 15 is 0 Å². The van der Waals surface area contributed by atoms with Gasteiger partial charge in [-0.1, -0.05) is 39.0 Å². The van der Waals surface area contributed by atoms with Crippen LogP contribution in [0, 0.1) is 0 Å². The second-order valence-corrected chi connectivity index (χ2v) is 10.2. The van der Waals surface area contributed by atoms with Crippen molar-refractivity contribution < 1.29 is 4.79 Å². The van der Waals surface area contributed by atoms with Gasteiger partial charge in [0.1, 0.15) is 5.82 Å². The molecule has 7 nitrogen and oxygen atoms in total. The molecule has 0 spiro atoms. The highest BCUT2D eigenvalue weighted by molar-refractivity contribution is 5.76. The molecule has 33 heavy (non-hydrogen) atoms. The van der Waals surface area contributed by atoms with Crippen LogP contribution in [0.1, 0.15) is 84.0 Å². The van der Waals surface area contributed by atoms with Gasteiger partial charge in [0.15, 0.2) is 0 Å². The molecule has 0 bridgehead atoms. The Morgan fingerprint density at radius 1 is 1.00 bits per heavy atom. The van der Waals surface area contributed by atoms with E-state index < -0.39 is 0 Å². The number of unbranched alkanes of at least 4 members (excludes halogenated alkanes) is 3. The lowest BCUT2D eigenvalue weighted by atomic mass is 10.0. The Labute approximate surface area is 200 Å². The quantitative estimate of drug-likeness (QED) is 0.559. The number of rotatable bonds is 9. The molecule has 1 N–H and O–H groups in total. The van der Waals surface area contributed by atoms with Crippen molar-refractivity contribution in [3.63, 3.8) is 0 Å². The molecular weight excluding hydrogens is 412 g/mol. The molecule has 1 atom stereocenters. The number of anilines is 2. The lowest BCUT2D eigenvalue weighted by Crippen LogP contribution is -2.46. The van der Waals surface area contributed by atoms with Crippen LogP contribution >= 0.6 is 0 Å². The summed E-state index contributed by atoms with van der Waals surface area (Å²) >= 11 is 0. The molecule has 0 saturated carbocycles. The van der Waals surface area contributed by atoms with Gasteiger partial charge in [-0.2, -0.15) is 4.98 Å². The predicted molar refractivity (Wildman–Crippen MR) is 135 cm³/mol. The monoisotopic (exact) mass is 456 g/mol. The first-order valence-electron chi connectivity index (χ1n) is 13.6. The normalized spacial score (nSPS) is 23.0. The first-order chi connectivity index (χ1) is 16.2. The minimum atomic E-state index is 0.368. The summed E-state index contributed by atoms with van der Waals surface area (Å²) in [5.41, 5.74) is 0. The van der Waals surface area contributed by atoms with Crippen LogP contribution in [0.4, 0.5) is 11.8 Å². The lowest BCUT2D eigenvalue weighted by Gasteiger charge is -2.37. The Morgan fingerprint density at radius 3 is 2.55 bits per heavy atom. The zero-order valence-electron chi connectivity index (χ0n) is 20.7. The van der Waals surface area contributed by atoms with Gasteiger partial charge in [0.05, 0.1) is 0 Å². The zero-order chi connectivity index (χ0) is 22.9. The minimum Gasteiger partial charge on any atom is -0.356 e. The van der Waals surface area contributed by atoms with E-state index in [9.17, 15) is 4.79 Å². The second kappa shape index (κ2) is 12.5. The van der Waals surface area contributed by atoms with Crippen molar-refractivity contribution in [1.82, 2.24) is 19.8 Å². The first-order valence-corrected chi connectivity index (χ1v) is 13.6. The van der Waals surface area contributed by atoms with Crippen molar-refractivity contribution >= 4 is 17.7 Å². The third kappa shape index (κ3) is 7.05. The summed E-state index contributed by atoms with van der Waals surface area (Å²) in [6.45, 7) is 8.44. The number of nitrogens with one attached hydrogen (secondary N) is 1. The third-order valence-corrected chi connectivity index (χ3v) is 7.70. The number of likely N-dealkylation sites (tertiary alicyclic amines) is 2. The SMILES string of the molecule is CCCCCCC(=O)N1CCC(N2CCC(Nc3nccc(N4CCCCCC4)n3)C2)CC1. The number of hydrogen-bond donors (Lipinski definition) is 1. The number of amides is 1. The van der Waals surface area contributed by atoms with E-state index in [0.29, 0.717) is 18.0 Å². The highest BCUT2D eigenvalue weighted by atomic mass is 16.2. The van der Waals surface area contributed by atoms with Crippen molar-refractivity contribution in [2.75, 3.05) is 49.5 Å². The topological polar surface area (TPSA) is 64.6 Å². The number of carbonyl (C=O) groups excluding carboxylic acids is 1. The third-order valence-electron chi connectivity index (χ3n) is 7.70. The fourth-order valence-corrected chi connectivity index (χ4v) is 5.66. The number of nitrogens with zero attached hydrogens (tertiary/aromatic N) is 5. The Balaban J connectivity index is 1.20. The molecule has 3 fully saturated rings. The number of carbonyl (C=O) groups is 1. The van der Waals surface area contributed by atoms with E-state index in [1.54, 1.807) is 0 Å². The smallest absolute Gasteiger partial charge is 0.224 e. The van der Waals surface area contributed by atoms with Crippen LogP contribution in [0.25, 0.3) is 0 Å². The van der Waals surface area contributed by atoms with Crippen molar-refractivity contribution in [1.29, 1.82) is 0 Å². The largest absolute Gasteiger partial charge is 0.356 e. The van der Waals surface area contributed by atoms with Gasteiger partial charge in [-0.25, -0.2) is 4.98 Å². The molecular formula is C26H44N6O. The van der Waals surface area contributed by atoms with E-state index in [1.165, 1.54) is 44.9 Å². The van der Waals surface area contributed by atoms with E-state index in [0.717, 1.165) is 83.1 Å². The van der Waals surface area contributed by atoms with Crippen LogP contribution < -0.4 is 10.2 Å². The maximum atomic E-state index is 12.5. The molecule has 3 aliphatic heterocycles. The van der Waals surface area contributed by atoms with Crippen LogP contribution in [-0.2, 0) is 4.79 Å². The van der Waals surface area contributed by atoms with Crippen LogP contribution in [0.2, 0.25) is 0 Å². The van der Waals surface area contributed by atoms with Gasteiger partial charge in [0, 0.05) is 64.0 Å². The first kappa shape index (κ1) is 24.2. The van der Waals surface area contributed by atoms with E-state index in [-0.39, 0.29) is 0 Å². The van der Waals surface area contributed by atoms with Gasteiger partial charge in [-0.3, -0.25) is 9.69 Å². The van der Waals surface area contributed by atoms with Gasteiger partial charge in [-0.15, -0.1) is 0 Å². The van der Waals surface area contributed by atoms with Crippen molar-refractivity contribution in [3.05, 3.63) is 12.3 Å². The fourth-order valence-electron chi connectivity index (χ4n) is 5.66. The van der Waals surface area contributed by atoms with Gasteiger partial charge in [0.25, 0.3) is 0 Å². The molecule has 3 aliphatic rings. The average molecular weight is 457 g/mol. The number of piperidine rings is 1. The molecule has 4 heterocycles. The molecule has 0 radical (unpaired) electrons. The van der Waals surface area contributed by atoms with E-state index in [2.05, 4.69) is 38.0 Å². The van der Waals surface area contributed by atoms with Gasteiger partial charge >= 0.3 is 0 Å². The van der Waals surface area contributed by atoms with E-state index in [1.807, 2.05) is 6.20 Å². The molecule has 1 aromatic heterocycles. The summed E-state index contributed by atoms with van der Waals surface area (Å²) in [7, 11) is 0. The minimum absolute atomic E-state index is 0.368. The molecule has 0 aliphatic carbocycles. The fraction of sp³-hybridized carbons (Fsp3) is 0.808. The second-order valence-electron chi connectivity index (χ2n) is 10.2. The highest BCUT2D eigenvalue weighted by Crippen LogP contribution is 2.24. The van der Waals surface area contributed by atoms with Crippen LogP contribution in [0.5, 0.6) is 0 Å². The lowest BCUT2D eigenvalue weighted by molar-refractivity contribution is -0.132. The number of aromatic nitrogens is 2. The summed E-state index contributed by atoms with van der Waals surface area (Å²) in [4.78, 5) is 29.0. The molecule has 1 amide bonds. The Morgan fingerprint density at radius 2 is 1.79 bits per heavy atom. The van der Waals surface area contributed by atoms with Gasteiger partial charge in [-0.05, 0) is 44.6 Å². The Hall–Kier alpha value is -1.89. The highest BCUT2D eigenvalue weighted by Gasteiger charge is 2.32. The zero-order valence-corrected chi connectivity index (χ0v) is 20.7. The summed E-state index contributed by atoms with van der Waals surface area (Å²) in [6, 6.07) is 3.06. The van der Waals surface area contributed by atoms with Crippen molar-refractivity contribution in [3.8, 4) is 0 Å². The van der Waals surface area contributed by atoms with Gasteiger partial charge in [0.2, 0.25) is 11.9 Å². The molecule has 3 saturated heterocycles. The average Bonchev–Trinajstić information content (AvgIpc) is 3.13. The molecule has 7 heteroatoms. The molecule has 4 rings (SSSR count). The summed E-state index contributed by atoms with van der Waals surface area (Å²) in [6.07, 6.45) is 15.9. The summed E-state index contributed by atoms with van der Waals surface area (Å²) < 4.78 is 0. The Bertz CT molecular complexity index is 727. The Kier molecular flexibility index (Phi) is 9.21. The summed E-state index contributed by atoms with van der Waals surface area (Å²) in [5.74, 6) is 2.20. The molecule has 1 unspecified atom stereocenters. The standard InChI is InChI=1S/C26H44N6O/c1-2-3-4-7-10-25(33)31-19-13-23(14-20-31)32-18-12-22(21-32)28-26-27-15-11-24(29-26)30-16-8-5-6-9-17-30/h11,15,22-23H,2-10,12-14,16-21H2,1H3,(H,27,28,29). The molecule has 0 aromatic carbocycles. The summed E-state index contributed by atoms with van der Waals surface area (Å²) in [5, 5.41) is 3.61. The van der Waals surface area contributed by atoms with Crippen molar-refractivity contribution in [2.24, 2.45) is 0 Å². The molecule has 184 valence electrons. The predicted octanol–water partition coefficient (Wildman–Crippen LogP) is 4.30. The molecule has 1 aromatic rings. The maximum Gasteiger partial charge on any atom is 0.224 e.